The number of carbonyl (C=O) groups is 1. The number of carbonyl (C=O) groups excluding carboxylic acids is 1. The number of nitrogens with one attached hydrogen (secondary N) is 1. The summed E-state index contributed by atoms with van der Waals surface area (Å²) in [6.07, 6.45) is 0.267. The predicted octanol–water partition coefficient (Wildman–Crippen LogP) is 0.0610. The van der Waals surface area contributed by atoms with Gasteiger partial charge in [0.15, 0.2) is 0 Å². The van der Waals surface area contributed by atoms with Gasteiger partial charge < -0.3 is 15.8 Å². The average Bonchev–Trinajstić information content (AvgIpc) is 2.53. The molecule has 0 aromatic heterocycles. The van der Waals surface area contributed by atoms with E-state index in [-0.39, 0.29) is 23.3 Å². The molecule has 7 nitrogen and oxygen atoms in total. The number of hydrogen-bond donors (Lipinski definition) is 2. The minimum absolute atomic E-state index is 0.120. The molecule has 8 heteroatoms. The van der Waals surface area contributed by atoms with E-state index in [1.807, 2.05) is 0 Å². The molecule has 1 fully saturated rings. The zero-order valence-electron chi connectivity index (χ0n) is 13.2. The van der Waals surface area contributed by atoms with E-state index in [2.05, 4.69) is 5.32 Å². The maximum Gasteiger partial charge on any atom is 0.243 e. The van der Waals surface area contributed by atoms with Crippen molar-refractivity contribution >= 4 is 15.9 Å². The largest absolute Gasteiger partial charge is 0.379 e. The summed E-state index contributed by atoms with van der Waals surface area (Å²) in [4.78, 5) is 11.8. The first-order valence-corrected chi connectivity index (χ1v) is 9.02. The maximum atomic E-state index is 12.5. The third kappa shape index (κ3) is 5.00. The summed E-state index contributed by atoms with van der Waals surface area (Å²) in [5, 5.41) is 2.76. The van der Waals surface area contributed by atoms with Gasteiger partial charge >= 0.3 is 0 Å². The topological polar surface area (TPSA) is 102 Å². The number of amides is 1. The fourth-order valence-electron chi connectivity index (χ4n) is 2.28. The Morgan fingerprint density at radius 3 is 2.48 bits per heavy atom. The Balaban J connectivity index is 1.97. The van der Waals surface area contributed by atoms with Crippen molar-refractivity contribution in [3.05, 3.63) is 29.8 Å². The summed E-state index contributed by atoms with van der Waals surface area (Å²) in [7, 11) is -3.48. The highest BCUT2D eigenvalue weighted by molar-refractivity contribution is 7.89. The number of benzene rings is 1. The third-order valence-corrected chi connectivity index (χ3v) is 5.44. The lowest BCUT2D eigenvalue weighted by Gasteiger charge is -2.26. The number of sulfonamides is 1. The Morgan fingerprint density at radius 2 is 1.91 bits per heavy atom. The first-order valence-electron chi connectivity index (χ1n) is 7.58. The van der Waals surface area contributed by atoms with Crippen molar-refractivity contribution in [2.75, 3.05) is 26.3 Å². The minimum Gasteiger partial charge on any atom is -0.379 e. The van der Waals surface area contributed by atoms with Crippen LogP contribution in [0.4, 0.5) is 0 Å². The Bertz CT molecular complexity index is 623. The van der Waals surface area contributed by atoms with Crippen LogP contribution in [0.5, 0.6) is 0 Å². The van der Waals surface area contributed by atoms with E-state index >= 15 is 0 Å². The Morgan fingerprint density at radius 1 is 1.30 bits per heavy atom. The highest BCUT2D eigenvalue weighted by Gasteiger charge is 2.25. The molecule has 3 N–H and O–H groups in total. The molecule has 1 aromatic rings. The van der Waals surface area contributed by atoms with Crippen molar-refractivity contribution in [3.63, 3.8) is 0 Å². The molecular weight excluding hydrogens is 318 g/mol. The summed E-state index contributed by atoms with van der Waals surface area (Å²) < 4.78 is 31.5. The van der Waals surface area contributed by atoms with Gasteiger partial charge in [0.2, 0.25) is 15.9 Å². The van der Waals surface area contributed by atoms with Crippen LogP contribution >= 0.6 is 0 Å². The van der Waals surface area contributed by atoms with Crippen molar-refractivity contribution < 1.29 is 17.9 Å². The van der Waals surface area contributed by atoms with Gasteiger partial charge in [-0.1, -0.05) is 12.1 Å². The lowest BCUT2D eigenvalue weighted by atomic mass is 10.2. The number of ether oxygens (including phenoxy) is 1. The number of morpholine rings is 1. The molecule has 0 spiro atoms. The normalized spacial score (nSPS) is 17.7. The van der Waals surface area contributed by atoms with Gasteiger partial charge in [0.25, 0.3) is 0 Å². The molecule has 1 amide bonds. The molecule has 0 aliphatic carbocycles. The van der Waals surface area contributed by atoms with Gasteiger partial charge in [0.05, 0.1) is 18.1 Å². The minimum atomic E-state index is -3.48. The number of nitrogens with two attached hydrogens (primary N) is 1. The van der Waals surface area contributed by atoms with Crippen LogP contribution in [0.25, 0.3) is 0 Å². The number of nitrogens with zero attached hydrogens (tertiary/aromatic N) is 1. The van der Waals surface area contributed by atoms with Gasteiger partial charge in [-0.3, -0.25) is 4.79 Å². The van der Waals surface area contributed by atoms with E-state index in [0.717, 1.165) is 5.56 Å². The van der Waals surface area contributed by atoms with Gasteiger partial charge in [-0.15, -0.1) is 0 Å². The first-order chi connectivity index (χ1) is 10.9. The Kier molecular flexibility index (Phi) is 6.11. The van der Waals surface area contributed by atoms with Gasteiger partial charge in [-0.25, -0.2) is 8.42 Å². The number of rotatable bonds is 6. The lowest BCUT2D eigenvalue weighted by molar-refractivity contribution is -0.121. The van der Waals surface area contributed by atoms with Crippen molar-refractivity contribution in [3.8, 4) is 0 Å². The summed E-state index contributed by atoms with van der Waals surface area (Å²) in [5.41, 5.74) is 6.40. The highest BCUT2D eigenvalue weighted by Crippen LogP contribution is 2.17. The fourth-order valence-corrected chi connectivity index (χ4v) is 3.69. The van der Waals surface area contributed by atoms with Crippen LogP contribution in [0.2, 0.25) is 0 Å². The maximum absolute atomic E-state index is 12.5. The van der Waals surface area contributed by atoms with E-state index < -0.39 is 10.0 Å². The summed E-state index contributed by atoms with van der Waals surface area (Å²) in [6.45, 7) is 3.70. The number of hydrogen-bond acceptors (Lipinski definition) is 5. The molecule has 0 radical (unpaired) electrons. The second-order valence-electron chi connectivity index (χ2n) is 5.62. The molecule has 1 aliphatic heterocycles. The van der Waals surface area contributed by atoms with Crippen molar-refractivity contribution in [2.24, 2.45) is 5.73 Å². The van der Waals surface area contributed by atoms with Gasteiger partial charge in [0, 0.05) is 32.1 Å². The molecule has 1 saturated heterocycles. The van der Waals surface area contributed by atoms with Crippen LogP contribution in [0.1, 0.15) is 18.9 Å². The Hall–Kier alpha value is -1.48. The zero-order valence-corrected chi connectivity index (χ0v) is 14.0. The van der Waals surface area contributed by atoms with Crippen LogP contribution in [-0.2, 0) is 26.1 Å². The SMILES string of the molecule is CC(N)CC(=O)NCc1ccc(S(=O)(=O)N2CCOCC2)cc1. The van der Waals surface area contributed by atoms with E-state index in [1.165, 1.54) is 4.31 Å². The molecule has 0 bridgehead atoms. The van der Waals surface area contributed by atoms with Crippen molar-refractivity contribution in [1.29, 1.82) is 0 Å². The molecule has 1 aromatic carbocycles. The summed E-state index contributed by atoms with van der Waals surface area (Å²) in [6, 6.07) is 6.37. The van der Waals surface area contributed by atoms with Crippen molar-refractivity contribution in [1.82, 2.24) is 9.62 Å². The Labute approximate surface area is 136 Å². The molecule has 1 atom stereocenters. The molecule has 2 rings (SSSR count). The molecule has 23 heavy (non-hydrogen) atoms. The molecule has 1 aliphatic rings. The molecule has 0 saturated carbocycles. The smallest absolute Gasteiger partial charge is 0.243 e. The first kappa shape index (κ1) is 17.9. The van der Waals surface area contributed by atoms with E-state index in [4.69, 9.17) is 10.5 Å². The summed E-state index contributed by atoms with van der Waals surface area (Å²) in [5.74, 6) is -0.120. The standard InChI is InChI=1S/C15H23N3O4S/c1-12(16)10-15(19)17-11-13-2-4-14(5-3-13)23(20,21)18-6-8-22-9-7-18/h2-5,12H,6-11,16H2,1H3,(H,17,19). The second kappa shape index (κ2) is 7.87. The average molecular weight is 341 g/mol. The zero-order chi connectivity index (χ0) is 16.9. The third-order valence-electron chi connectivity index (χ3n) is 3.53. The van der Waals surface area contributed by atoms with Gasteiger partial charge in [-0.2, -0.15) is 4.31 Å². The molecule has 1 heterocycles. The second-order valence-corrected chi connectivity index (χ2v) is 7.56. The lowest BCUT2D eigenvalue weighted by Crippen LogP contribution is -2.40. The molecular formula is C15H23N3O4S. The predicted molar refractivity (Wildman–Crippen MR) is 86.1 cm³/mol. The monoisotopic (exact) mass is 341 g/mol. The van der Waals surface area contributed by atoms with Gasteiger partial charge in [-0.05, 0) is 24.6 Å². The van der Waals surface area contributed by atoms with Crippen LogP contribution in [0.15, 0.2) is 29.2 Å². The van der Waals surface area contributed by atoms with Gasteiger partial charge in [0.1, 0.15) is 0 Å². The van der Waals surface area contributed by atoms with E-state index in [9.17, 15) is 13.2 Å². The van der Waals surface area contributed by atoms with E-state index in [1.54, 1.807) is 31.2 Å². The highest BCUT2D eigenvalue weighted by atomic mass is 32.2. The quantitative estimate of drug-likeness (QED) is 0.762. The van der Waals surface area contributed by atoms with Crippen LogP contribution in [-0.4, -0.2) is 51.0 Å². The molecule has 1 unspecified atom stereocenters. The summed E-state index contributed by atoms with van der Waals surface area (Å²) >= 11 is 0. The fraction of sp³-hybridized carbons (Fsp3) is 0.533. The molecule has 128 valence electrons. The van der Waals surface area contributed by atoms with Crippen LogP contribution in [0, 0.1) is 0 Å². The van der Waals surface area contributed by atoms with Crippen molar-refractivity contribution in [2.45, 2.75) is 30.8 Å². The van der Waals surface area contributed by atoms with Crippen LogP contribution < -0.4 is 11.1 Å². The van der Waals surface area contributed by atoms with E-state index in [0.29, 0.717) is 32.8 Å². The van der Waals surface area contributed by atoms with Crippen LogP contribution in [0.3, 0.4) is 0 Å².